The van der Waals surface area contributed by atoms with Gasteiger partial charge in [-0.1, -0.05) is 44.2 Å². The summed E-state index contributed by atoms with van der Waals surface area (Å²) in [5, 5.41) is 13.3. The van der Waals surface area contributed by atoms with Gasteiger partial charge < -0.3 is 20.2 Å². The molecule has 2 amide bonds. The molecule has 1 aliphatic heterocycles. The van der Waals surface area contributed by atoms with Crippen molar-refractivity contribution in [2.45, 2.75) is 45.7 Å². The molecule has 0 spiro atoms. The molecule has 2 fully saturated rings. The Labute approximate surface area is 196 Å². The number of nitrogens with one attached hydrogen (secondary N) is 1. The second-order valence-electron chi connectivity index (χ2n) is 8.66. The topological polar surface area (TPSA) is 76.1 Å². The zero-order valence-electron chi connectivity index (χ0n) is 19.2. The maximum absolute atomic E-state index is 13.3. The third-order valence-electron chi connectivity index (χ3n) is 6.77. The first-order chi connectivity index (χ1) is 15.5. The van der Waals surface area contributed by atoms with Crippen LogP contribution in [-0.4, -0.2) is 82.1 Å². The normalized spacial score (nSPS) is 23.1. The molecule has 3 atom stereocenters. The molecule has 3 rings (SSSR count). The smallest absolute Gasteiger partial charge is 0.233 e. The van der Waals surface area contributed by atoms with Gasteiger partial charge in [0, 0.05) is 38.1 Å². The highest BCUT2D eigenvalue weighted by Crippen LogP contribution is 2.34. The predicted molar refractivity (Wildman–Crippen MR) is 129 cm³/mol. The summed E-state index contributed by atoms with van der Waals surface area (Å²) in [6, 6.07) is 9.72. The fourth-order valence-electron chi connectivity index (χ4n) is 4.83. The van der Waals surface area contributed by atoms with E-state index in [2.05, 4.69) is 24.1 Å². The standard InChI is InChI=1S/C24H36N4O3S/c1-3-26(4-2)12-13-28-23(31)20-11-10-19(16-21(20)25-24(28)32)22(30)27(14-15-29)17-18-8-6-5-7-9-18/h5-9,19-21,29H,3-4,10-17H2,1-2H3,(H,25,32). The first kappa shape index (κ1) is 24.6. The number of amides is 2. The fourth-order valence-corrected chi connectivity index (χ4v) is 5.16. The van der Waals surface area contributed by atoms with Crippen LogP contribution in [0.4, 0.5) is 0 Å². The van der Waals surface area contributed by atoms with Crippen molar-refractivity contribution in [3.8, 4) is 0 Å². The number of hydrogen-bond donors (Lipinski definition) is 2. The number of carbonyl (C=O) groups is 2. The van der Waals surface area contributed by atoms with Gasteiger partial charge in [0.15, 0.2) is 5.11 Å². The average molecular weight is 461 g/mol. The molecule has 0 radical (unpaired) electrons. The summed E-state index contributed by atoms with van der Waals surface area (Å²) in [6.45, 7) is 8.24. The third-order valence-corrected chi connectivity index (χ3v) is 7.11. The number of likely N-dealkylation sites (N-methyl/N-ethyl adjacent to an activating group) is 1. The summed E-state index contributed by atoms with van der Waals surface area (Å²) in [6.07, 6.45) is 1.95. The summed E-state index contributed by atoms with van der Waals surface area (Å²) in [4.78, 5) is 32.2. The molecule has 2 aliphatic rings. The number of hydrogen-bond acceptors (Lipinski definition) is 5. The van der Waals surface area contributed by atoms with Crippen LogP contribution in [0, 0.1) is 11.8 Å². The number of benzene rings is 1. The Kier molecular flexibility index (Phi) is 9.02. The van der Waals surface area contributed by atoms with E-state index >= 15 is 0 Å². The van der Waals surface area contributed by atoms with Crippen molar-refractivity contribution in [2.75, 3.05) is 39.3 Å². The van der Waals surface area contributed by atoms with Gasteiger partial charge in [0.05, 0.1) is 12.5 Å². The summed E-state index contributed by atoms with van der Waals surface area (Å²) in [7, 11) is 0. The van der Waals surface area contributed by atoms with E-state index in [-0.39, 0.29) is 36.3 Å². The molecular formula is C24H36N4O3S. The molecule has 0 aromatic heterocycles. The van der Waals surface area contributed by atoms with Gasteiger partial charge in [-0.15, -0.1) is 0 Å². The van der Waals surface area contributed by atoms with Crippen molar-refractivity contribution < 1.29 is 14.7 Å². The van der Waals surface area contributed by atoms with Gasteiger partial charge in [0.1, 0.15) is 0 Å². The van der Waals surface area contributed by atoms with E-state index in [1.807, 2.05) is 30.3 Å². The SMILES string of the molecule is CCN(CC)CCN1C(=O)C2CCC(C(=O)N(CCO)Cc3ccccc3)CC2NC1=S. The van der Waals surface area contributed by atoms with Crippen LogP contribution >= 0.6 is 12.2 Å². The number of thiocarbonyl (C=S) groups is 1. The van der Waals surface area contributed by atoms with Crippen LogP contribution in [0.1, 0.15) is 38.7 Å². The number of rotatable bonds is 10. The molecule has 2 N–H and O–H groups in total. The summed E-state index contributed by atoms with van der Waals surface area (Å²) < 4.78 is 0. The van der Waals surface area contributed by atoms with Gasteiger partial charge in [-0.3, -0.25) is 14.5 Å². The van der Waals surface area contributed by atoms with Crippen LogP contribution < -0.4 is 5.32 Å². The van der Waals surface area contributed by atoms with Crippen molar-refractivity contribution in [1.29, 1.82) is 0 Å². The monoisotopic (exact) mass is 460 g/mol. The summed E-state index contributed by atoms with van der Waals surface area (Å²) >= 11 is 5.53. The van der Waals surface area contributed by atoms with Crippen LogP contribution in [0.25, 0.3) is 0 Å². The van der Waals surface area contributed by atoms with Gasteiger partial charge in [0.2, 0.25) is 11.8 Å². The lowest BCUT2D eigenvalue weighted by Crippen LogP contribution is -2.62. The Morgan fingerprint density at radius 3 is 2.56 bits per heavy atom. The van der Waals surface area contributed by atoms with Crippen LogP contribution in [0.15, 0.2) is 30.3 Å². The lowest BCUT2D eigenvalue weighted by molar-refractivity contribution is -0.142. The third kappa shape index (κ3) is 5.85. The molecular weight excluding hydrogens is 424 g/mol. The molecule has 1 aliphatic carbocycles. The molecule has 1 aromatic rings. The van der Waals surface area contributed by atoms with Gasteiger partial charge in [-0.2, -0.15) is 0 Å². The number of fused-ring (bicyclic) bond motifs is 1. The van der Waals surface area contributed by atoms with E-state index < -0.39 is 0 Å². The highest BCUT2D eigenvalue weighted by atomic mass is 32.1. The lowest BCUT2D eigenvalue weighted by atomic mass is 9.76. The quantitative estimate of drug-likeness (QED) is 0.519. The molecule has 7 nitrogen and oxygen atoms in total. The van der Waals surface area contributed by atoms with E-state index in [1.54, 1.807) is 9.80 Å². The maximum Gasteiger partial charge on any atom is 0.233 e. The van der Waals surface area contributed by atoms with Crippen molar-refractivity contribution in [1.82, 2.24) is 20.0 Å². The van der Waals surface area contributed by atoms with E-state index in [4.69, 9.17) is 12.2 Å². The Hall–Kier alpha value is -2.03. The minimum Gasteiger partial charge on any atom is -0.395 e. The minimum absolute atomic E-state index is 0.0467. The van der Waals surface area contributed by atoms with Crippen molar-refractivity contribution in [3.05, 3.63) is 35.9 Å². The van der Waals surface area contributed by atoms with Crippen LogP contribution in [-0.2, 0) is 16.1 Å². The number of aliphatic hydroxyl groups is 1. The Morgan fingerprint density at radius 2 is 1.91 bits per heavy atom. The Balaban J connectivity index is 1.62. The maximum atomic E-state index is 13.3. The zero-order chi connectivity index (χ0) is 23.1. The van der Waals surface area contributed by atoms with Gasteiger partial charge in [0.25, 0.3) is 0 Å². The first-order valence-electron chi connectivity index (χ1n) is 11.8. The second kappa shape index (κ2) is 11.7. The number of carbonyl (C=O) groups excluding carboxylic acids is 2. The van der Waals surface area contributed by atoms with Crippen molar-refractivity contribution in [3.63, 3.8) is 0 Å². The van der Waals surface area contributed by atoms with E-state index in [1.165, 1.54) is 0 Å². The molecule has 1 aromatic carbocycles. The van der Waals surface area contributed by atoms with Crippen molar-refractivity contribution >= 4 is 29.1 Å². The molecule has 1 saturated carbocycles. The van der Waals surface area contributed by atoms with Crippen molar-refractivity contribution in [2.24, 2.45) is 11.8 Å². The van der Waals surface area contributed by atoms with E-state index in [0.717, 1.165) is 25.2 Å². The summed E-state index contributed by atoms with van der Waals surface area (Å²) in [5.74, 6) is -0.168. The first-order valence-corrected chi connectivity index (χ1v) is 12.2. The molecule has 3 unspecified atom stereocenters. The average Bonchev–Trinajstić information content (AvgIpc) is 2.81. The largest absolute Gasteiger partial charge is 0.395 e. The van der Waals surface area contributed by atoms with Gasteiger partial charge >= 0.3 is 0 Å². The highest BCUT2D eigenvalue weighted by Gasteiger charge is 2.44. The zero-order valence-corrected chi connectivity index (χ0v) is 20.0. The molecule has 1 heterocycles. The molecule has 8 heteroatoms. The molecule has 32 heavy (non-hydrogen) atoms. The van der Waals surface area contributed by atoms with Crippen LogP contribution in [0.3, 0.4) is 0 Å². The van der Waals surface area contributed by atoms with E-state index in [9.17, 15) is 14.7 Å². The van der Waals surface area contributed by atoms with Gasteiger partial charge in [-0.25, -0.2) is 0 Å². The minimum atomic E-state index is -0.170. The van der Waals surface area contributed by atoms with Crippen LogP contribution in [0.5, 0.6) is 0 Å². The number of aliphatic hydroxyl groups excluding tert-OH is 1. The second-order valence-corrected chi connectivity index (χ2v) is 9.04. The van der Waals surface area contributed by atoms with E-state index in [0.29, 0.717) is 44.0 Å². The molecule has 176 valence electrons. The molecule has 0 bridgehead atoms. The van der Waals surface area contributed by atoms with Crippen LogP contribution in [0.2, 0.25) is 0 Å². The predicted octanol–water partition coefficient (Wildman–Crippen LogP) is 1.85. The lowest BCUT2D eigenvalue weighted by Gasteiger charge is -2.44. The Morgan fingerprint density at radius 1 is 1.19 bits per heavy atom. The molecule has 1 saturated heterocycles. The summed E-state index contributed by atoms with van der Waals surface area (Å²) in [5.41, 5.74) is 1.04. The van der Waals surface area contributed by atoms with Gasteiger partial charge in [-0.05, 0) is 50.1 Å². The highest BCUT2D eigenvalue weighted by molar-refractivity contribution is 7.80. The number of nitrogens with zero attached hydrogens (tertiary/aromatic N) is 3. The Bertz CT molecular complexity index is 787. The fraction of sp³-hybridized carbons (Fsp3) is 0.625.